The van der Waals surface area contributed by atoms with Crippen LogP contribution in [0.5, 0.6) is 11.5 Å². The number of rotatable bonds is 9. The number of unbranched alkanes of at least 4 members (excludes halogenated alkanes) is 2. The zero-order valence-electron chi connectivity index (χ0n) is 18.3. The summed E-state index contributed by atoms with van der Waals surface area (Å²) in [5.74, 6) is 0.822. The smallest absolute Gasteiger partial charge is 0.231 e. The lowest BCUT2D eigenvalue weighted by atomic mass is 10.0. The van der Waals surface area contributed by atoms with Gasteiger partial charge in [-0.3, -0.25) is 9.69 Å². The van der Waals surface area contributed by atoms with Gasteiger partial charge in [-0.25, -0.2) is 0 Å². The molecule has 4 rings (SSSR count). The summed E-state index contributed by atoms with van der Waals surface area (Å²) in [5, 5.41) is 11.6. The number of carbonyl (C=O) groups excluding carboxylic acids is 1. The minimum Gasteiger partial charge on any atom is -0.507 e. The van der Waals surface area contributed by atoms with Crippen molar-refractivity contribution in [1.29, 1.82) is 0 Å². The van der Waals surface area contributed by atoms with Crippen LogP contribution in [0, 0.1) is 0 Å². The van der Waals surface area contributed by atoms with Gasteiger partial charge in [0.1, 0.15) is 11.5 Å². The van der Waals surface area contributed by atoms with E-state index in [1.807, 2.05) is 30.5 Å². The summed E-state index contributed by atoms with van der Waals surface area (Å²) in [7, 11) is 0. The summed E-state index contributed by atoms with van der Waals surface area (Å²) in [5.41, 5.74) is 3.13. The normalized spacial score (nSPS) is 14.5. The van der Waals surface area contributed by atoms with Gasteiger partial charge in [0, 0.05) is 29.2 Å². The lowest BCUT2D eigenvalue weighted by Crippen LogP contribution is -2.25. The first kappa shape index (κ1) is 21.2. The Bertz CT molecular complexity index is 1110. The van der Waals surface area contributed by atoms with Crippen LogP contribution in [-0.2, 0) is 6.54 Å². The number of carbonyl (C=O) groups is 1. The third-order valence-corrected chi connectivity index (χ3v) is 5.86. The topological polar surface area (TPSA) is 65.6 Å². The molecule has 0 bridgehead atoms. The van der Waals surface area contributed by atoms with Crippen LogP contribution in [0.25, 0.3) is 17.0 Å². The molecule has 0 aliphatic carbocycles. The van der Waals surface area contributed by atoms with Crippen LogP contribution in [0.1, 0.15) is 61.0 Å². The molecule has 1 aromatic heterocycles. The first-order chi connectivity index (χ1) is 15.1. The Hall–Kier alpha value is -3.05. The van der Waals surface area contributed by atoms with E-state index in [4.69, 9.17) is 4.74 Å². The van der Waals surface area contributed by atoms with E-state index >= 15 is 0 Å². The standard InChI is InChI=1S/C26H30N2O3/c1-3-5-13-28(14-6-4-2)17-21-23(29)12-11-20-25(30)24(31-26(20)21)15-18-16-27-22-10-8-7-9-19(18)22/h7-12,15-16,27,29H,3-6,13-14,17H2,1-2H3. The van der Waals surface area contributed by atoms with Crippen LogP contribution < -0.4 is 4.74 Å². The minimum atomic E-state index is -0.143. The van der Waals surface area contributed by atoms with Crippen molar-refractivity contribution < 1.29 is 14.6 Å². The van der Waals surface area contributed by atoms with Gasteiger partial charge >= 0.3 is 0 Å². The molecule has 0 fully saturated rings. The molecule has 5 nitrogen and oxygen atoms in total. The predicted octanol–water partition coefficient (Wildman–Crippen LogP) is 5.89. The number of phenolic OH excluding ortho intramolecular Hbond substituents is 1. The number of aromatic nitrogens is 1. The SMILES string of the molecule is CCCCN(CCCC)Cc1c(O)ccc2c1OC(=Cc1c[nH]c3ccccc13)C2=O. The molecule has 0 atom stereocenters. The van der Waals surface area contributed by atoms with Crippen molar-refractivity contribution in [3.63, 3.8) is 0 Å². The molecule has 0 unspecified atom stereocenters. The van der Waals surface area contributed by atoms with Gasteiger partial charge in [0.2, 0.25) is 5.78 Å². The first-order valence-electron chi connectivity index (χ1n) is 11.2. The number of aromatic amines is 1. The van der Waals surface area contributed by atoms with Crippen molar-refractivity contribution in [1.82, 2.24) is 9.88 Å². The number of allylic oxidation sites excluding steroid dienone is 1. The highest BCUT2D eigenvalue weighted by molar-refractivity contribution is 6.15. The Morgan fingerprint density at radius 3 is 2.55 bits per heavy atom. The lowest BCUT2D eigenvalue weighted by molar-refractivity contribution is 0.101. The van der Waals surface area contributed by atoms with Crippen LogP contribution in [0.2, 0.25) is 0 Å². The maximum atomic E-state index is 13.1. The summed E-state index contributed by atoms with van der Waals surface area (Å²) in [6.45, 7) is 6.86. The predicted molar refractivity (Wildman–Crippen MR) is 124 cm³/mol. The number of aromatic hydroxyl groups is 1. The number of nitrogens with zero attached hydrogens (tertiary/aromatic N) is 1. The average Bonchev–Trinajstić information content (AvgIpc) is 3.33. The van der Waals surface area contributed by atoms with Crippen LogP contribution in [0.4, 0.5) is 0 Å². The Morgan fingerprint density at radius 2 is 1.81 bits per heavy atom. The molecule has 2 heterocycles. The summed E-state index contributed by atoms with van der Waals surface area (Å²) >= 11 is 0. The number of phenols is 1. The van der Waals surface area contributed by atoms with Crippen molar-refractivity contribution in [2.75, 3.05) is 13.1 Å². The Morgan fingerprint density at radius 1 is 1.06 bits per heavy atom. The number of hydrogen-bond donors (Lipinski definition) is 2. The molecule has 2 N–H and O–H groups in total. The van der Waals surface area contributed by atoms with E-state index < -0.39 is 0 Å². The van der Waals surface area contributed by atoms with Crippen molar-refractivity contribution in [2.45, 2.75) is 46.1 Å². The molecular weight excluding hydrogens is 388 g/mol. The number of nitrogens with one attached hydrogen (secondary N) is 1. The van der Waals surface area contributed by atoms with Gasteiger partial charge in [0.05, 0.1) is 11.1 Å². The maximum Gasteiger partial charge on any atom is 0.231 e. The number of benzene rings is 2. The van der Waals surface area contributed by atoms with Gasteiger partial charge in [-0.2, -0.15) is 0 Å². The first-order valence-corrected chi connectivity index (χ1v) is 11.2. The molecule has 0 radical (unpaired) electrons. The van der Waals surface area contributed by atoms with Gasteiger partial charge in [0.25, 0.3) is 0 Å². The molecule has 162 valence electrons. The largest absolute Gasteiger partial charge is 0.507 e. The molecule has 5 heteroatoms. The third kappa shape index (κ3) is 4.37. The number of Topliss-reactive ketones (excluding diaryl/α,β-unsaturated/α-hetero) is 1. The van der Waals surface area contributed by atoms with Crippen LogP contribution >= 0.6 is 0 Å². The highest BCUT2D eigenvalue weighted by Gasteiger charge is 2.31. The van der Waals surface area contributed by atoms with Crippen LogP contribution in [0.15, 0.2) is 48.4 Å². The Balaban J connectivity index is 1.64. The molecule has 31 heavy (non-hydrogen) atoms. The van der Waals surface area contributed by atoms with Gasteiger partial charge in [-0.15, -0.1) is 0 Å². The van der Waals surface area contributed by atoms with Gasteiger partial charge in [-0.05, 0) is 50.2 Å². The van der Waals surface area contributed by atoms with Crippen molar-refractivity contribution in [3.05, 3.63) is 65.0 Å². The van der Waals surface area contributed by atoms with Gasteiger partial charge < -0.3 is 14.8 Å². The lowest BCUT2D eigenvalue weighted by Gasteiger charge is -2.23. The van der Waals surface area contributed by atoms with E-state index in [1.54, 1.807) is 18.2 Å². The second-order valence-electron chi connectivity index (χ2n) is 8.15. The molecule has 0 saturated carbocycles. The van der Waals surface area contributed by atoms with E-state index in [1.165, 1.54) is 0 Å². The molecule has 2 aromatic carbocycles. The molecule has 0 amide bonds. The van der Waals surface area contributed by atoms with E-state index in [9.17, 15) is 9.90 Å². The number of para-hydroxylation sites is 1. The molecule has 0 spiro atoms. The molecular formula is C26H30N2O3. The monoisotopic (exact) mass is 418 g/mol. The number of fused-ring (bicyclic) bond motifs is 2. The summed E-state index contributed by atoms with van der Waals surface area (Å²) in [6.07, 6.45) is 8.11. The second-order valence-corrected chi connectivity index (χ2v) is 8.15. The van der Waals surface area contributed by atoms with Crippen molar-refractivity contribution in [3.8, 4) is 11.5 Å². The number of H-pyrrole nitrogens is 1. The van der Waals surface area contributed by atoms with Crippen molar-refractivity contribution >= 4 is 22.8 Å². The van der Waals surface area contributed by atoms with Crippen LogP contribution in [0.3, 0.4) is 0 Å². The van der Waals surface area contributed by atoms with E-state index in [0.29, 0.717) is 29.2 Å². The van der Waals surface area contributed by atoms with E-state index in [2.05, 4.69) is 23.7 Å². The fraction of sp³-hybridized carbons (Fsp3) is 0.346. The van der Waals surface area contributed by atoms with Crippen LogP contribution in [-0.4, -0.2) is 33.9 Å². The highest BCUT2D eigenvalue weighted by atomic mass is 16.5. The zero-order chi connectivity index (χ0) is 21.8. The highest BCUT2D eigenvalue weighted by Crippen LogP contribution is 2.40. The van der Waals surface area contributed by atoms with Crippen molar-refractivity contribution in [2.24, 2.45) is 0 Å². The van der Waals surface area contributed by atoms with E-state index in [0.717, 1.165) is 55.2 Å². The third-order valence-electron chi connectivity index (χ3n) is 5.86. The fourth-order valence-corrected chi connectivity index (χ4v) is 4.06. The van der Waals surface area contributed by atoms with Gasteiger partial charge in [-0.1, -0.05) is 44.9 Å². The Kier molecular flexibility index (Phi) is 6.42. The fourth-order valence-electron chi connectivity index (χ4n) is 4.06. The molecule has 1 aliphatic heterocycles. The second kappa shape index (κ2) is 9.40. The zero-order valence-corrected chi connectivity index (χ0v) is 18.3. The summed E-state index contributed by atoms with van der Waals surface area (Å²) in [4.78, 5) is 18.6. The summed E-state index contributed by atoms with van der Waals surface area (Å²) in [6, 6.07) is 11.2. The average molecular weight is 419 g/mol. The van der Waals surface area contributed by atoms with E-state index in [-0.39, 0.29) is 11.5 Å². The number of hydrogen-bond acceptors (Lipinski definition) is 4. The molecule has 3 aromatic rings. The molecule has 1 aliphatic rings. The number of ether oxygens (including phenoxy) is 1. The minimum absolute atomic E-state index is 0.143. The summed E-state index contributed by atoms with van der Waals surface area (Å²) < 4.78 is 6.07. The van der Waals surface area contributed by atoms with Gasteiger partial charge in [0.15, 0.2) is 5.76 Å². The Labute approximate surface area is 183 Å². The molecule has 0 saturated heterocycles. The number of ketones is 1. The maximum absolute atomic E-state index is 13.1. The quantitative estimate of drug-likeness (QED) is 0.425.